The summed E-state index contributed by atoms with van der Waals surface area (Å²) in [6, 6.07) is 16.3. The average molecular weight is 265 g/mol. The van der Waals surface area contributed by atoms with E-state index in [1.54, 1.807) is 18.2 Å². The lowest BCUT2D eigenvalue weighted by molar-refractivity contribution is 0.0692. The first-order valence-electron chi connectivity index (χ1n) is 5.26. The van der Waals surface area contributed by atoms with Crippen LogP contribution >= 0.6 is 12.4 Å². The number of carboxylic acids is 1. The highest BCUT2D eigenvalue weighted by Crippen LogP contribution is 2.19. The molecule has 0 saturated heterocycles. The molecule has 0 aliphatic carbocycles. The predicted molar refractivity (Wildman–Crippen MR) is 71.4 cm³/mol. The molecule has 4 heteroatoms. The van der Waals surface area contributed by atoms with Crippen LogP contribution in [-0.4, -0.2) is 11.1 Å². The summed E-state index contributed by atoms with van der Waals surface area (Å²) in [4.78, 5) is 11.0. The lowest BCUT2D eigenvalue weighted by atomic mass is 10.2. The average Bonchev–Trinajstić information content (AvgIpc) is 2.38. The SMILES string of the molecule is Cl.O=C(O)c1ccccc1OCc1ccccc1. The van der Waals surface area contributed by atoms with E-state index in [1.807, 2.05) is 30.3 Å². The maximum atomic E-state index is 11.0. The minimum atomic E-state index is -0.978. The second-order valence-electron chi connectivity index (χ2n) is 3.58. The number of rotatable bonds is 4. The van der Waals surface area contributed by atoms with Gasteiger partial charge >= 0.3 is 5.97 Å². The number of ether oxygens (including phenoxy) is 1. The molecule has 0 aromatic heterocycles. The van der Waals surface area contributed by atoms with Gasteiger partial charge in [-0.1, -0.05) is 42.5 Å². The molecule has 0 aliphatic rings. The van der Waals surface area contributed by atoms with Crippen LogP contribution in [-0.2, 0) is 6.61 Å². The number of carboxylic acid groups (broad SMARTS) is 1. The number of para-hydroxylation sites is 1. The fourth-order valence-electron chi connectivity index (χ4n) is 1.50. The third-order valence-corrected chi connectivity index (χ3v) is 2.35. The lowest BCUT2D eigenvalue weighted by Crippen LogP contribution is -2.02. The van der Waals surface area contributed by atoms with Gasteiger partial charge in [-0.05, 0) is 17.7 Å². The highest BCUT2D eigenvalue weighted by molar-refractivity contribution is 5.90. The minimum Gasteiger partial charge on any atom is -0.488 e. The third kappa shape index (κ3) is 3.50. The number of halogens is 1. The molecule has 2 rings (SSSR count). The summed E-state index contributed by atoms with van der Waals surface area (Å²) < 4.78 is 5.50. The van der Waals surface area contributed by atoms with Crippen LogP contribution in [0.25, 0.3) is 0 Å². The van der Waals surface area contributed by atoms with Crippen LogP contribution in [0, 0.1) is 0 Å². The van der Waals surface area contributed by atoms with Crippen LogP contribution in [0.2, 0.25) is 0 Å². The molecule has 0 saturated carbocycles. The fraction of sp³-hybridized carbons (Fsp3) is 0.0714. The van der Waals surface area contributed by atoms with E-state index in [2.05, 4.69) is 0 Å². The standard InChI is InChI=1S/C14H12O3.ClH/c15-14(16)12-8-4-5-9-13(12)17-10-11-6-2-1-3-7-11;/h1-9H,10H2,(H,15,16);1H. The number of aromatic carboxylic acids is 1. The molecule has 0 fully saturated rings. The van der Waals surface area contributed by atoms with Gasteiger partial charge < -0.3 is 9.84 Å². The first-order chi connectivity index (χ1) is 8.27. The fourth-order valence-corrected chi connectivity index (χ4v) is 1.50. The smallest absolute Gasteiger partial charge is 0.339 e. The van der Waals surface area contributed by atoms with Crippen molar-refractivity contribution in [2.24, 2.45) is 0 Å². The minimum absolute atomic E-state index is 0. The van der Waals surface area contributed by atoms with E-state index in [0.29, 0.717) is 12.4 Å². The Labute approximate surface area is 111 Å². The molecule has 0 unspecified atom stereocenters. The number of carbonyl (C=O) groups is 1. The summed E-state index contributed by atoms with van der Waals surface area (Å²) >= 11 is 0. The first-order valence-corrected chi connectivity index (χ1v) is 5.26. The Morgan fingerprint density at radius 1 is 1.00 bits per heavy atom. The van der Waals surface area contributed by atoms with Gasteiger partial charge in [-0.3, -0.25) is 0 Å². The van der Waals surface area contributed by atoms with E-state index < -0.39 is 5.97 Å². The van der Waals surface area contributed by atoms with Gasteiger partial charge in [0.05, 0.1) is 0 Å². The van der Waals surface area contributed by atoms with Gasteiger partial charge in [0.25, 0.3) is 0 Å². The van der Waals surface area contributed by atoms with Crippen molar-refractivity contribution in [3.63, 3.8) is 0 Å². The Morgan fingerprint density at radius 2 is 1.61 bits per heavy atom. The Kier molecular flexibility index (Phi) is 5.21. The van der Waals surface area contributed by atoms with Gasteiger partial charge in [-0.2, -0.15) is 0 Å². The Morgan fingerprint density at radius 3 is 2.28 bits per heavy atom. The summed E-state index contributed by atoms with van der Waals surface area (Å²) in [6.07, 6.45) is 0. The van der Waals surface area contributed by atoms with Crippen molar-refractivity contribution < 1.29 is 14.6 Å². The number of benzene rings is 2. The van der Waals surface area contributed by atoms with Gasteiger partial charge in [-0.15, -0.1) is 12.4 Å². The summed E-state index contributed by atoms with van der Waals surface area (Å²) in [5, 5.41) is 8.98. The van der Waals surface area contributed by atoms with Crippen molar-refractivity contribution in [1.82, 2.24) is 0 Å². The molecule has 0 aliphatic heterocycles. The van der Waals surface area contributed by atoms with E-state index in [4.69, 9.17) is 9.84 Å². The lowest BCUT2D eigenvalue weighted by Gasteiger charge is -2.08. The third-order valence-electron chi connectivity index (χ3n) is 2.35. The molecule has 0 atom stereocenters. The van der Waals surface area contributed by atoms with Gasteiger partial charge in [0.15, 0.2) is 0 Å². The molecule has 94 valence electrons. The quantitative estimate of drug-likeness (QED) is 0.921. The van der Waals surface area contributed by atoms with Crippen molar-refractivity contribution in [3.05, 3.63) is 65.7 Å². The van der Waals surface area contributed by atoms with Crippen molar-refractivity contribution in [1.29, 1.82) is 0 Å². The zero-order valence-corrected chi connectivity index (χ0v) is 10.4. The van der Waals surface area contributed by atoms with Gasteiger partial charge in [-0.25, -0.2) is 4.79 Å². The molecule has 0 radical (unpaired) electrons. The van der Waals surface area contributed by atoms with Crippen molar-refractivity contribution in [2.45, 2.75) is 6.61 Å². The molecular weight excluding hydrogens is 252 g/mol. The number of hydrogen-bond acceptors (Lipinski definition) is 2. The van der Waals surface area contributed by atoms with Crippen LogP contribution < -0.4 is 4.74 Å². The molecule has 2 aromatic carbocycles. The Balaban J connectivity index is 0.00000162. The van der Waals surface area contributed by atoms with E-state index in [1.165, 1.54) is 6.07 Å². The van der Waals surface area contributed by atoms with Crippen LogP contribution in [0.5, 0.6) is 5.75 Å². The second kappa shape index (κ2) is 6.67. The van der Waals surface area contributed by atoms with E-state index >= 15 is 0 Å². The highest BCUT2D eigenvalue weighted by Gasteiger charge is 2.09. The number of hydrogen-bond donors (Lipinski definition) is 1. The highest BCUT2D eigenvalue weighted by atomic mass is 35.5. The molecule has 0 bridgehead atoms. The van der Waals surface area contributed by atoms with Gasteiger partial charge in [0.2, 0.25) is 0 Å². The van der Waals surface area contributed by atoms with Crippen LogP contribution in [0.3, 0.4) is 0 Å². The Hall–Kier alpha value is -2.00. The van der Waals surface area contributed by atoms with E-state index in [-0.39, 0.29) is 18.0 Å². The second-order valence-corrected chi connectivity index (χ2v) is 3.58. The summed E-state index contributed by atoms with van der Waals surface area (Å²) in [5.74, 6) is -0.586. The van der Waals surface area contributed by atoms with Crippen molar-refractivity contribution in [3.8, 4) is 5.75 Å². The van der Waals surface area contributed by atoms with E-state index in [9.17, 15) is 4.79 Å². The molecule has 18 heavy (non-hydrogen) atoms. The van der Waals surface area contributed by atoms with Crippen molar-refractivity contribution >= 4 is 18.4 Å². The van der Waals surface area contributed by atoms with Crippen LogP contribution in [0.4, 0.5) is 0 Å². The van der Waals surface area contributed by atoms with Gasteiger partial charge in [0, 0.05) is 0 Å². The molecule has 3 nitrogen and oxygen atoms in total. The zero-order valence-electron chi connectivity index (χ0n) is 9.58. The van der Waals surface area contributed by atoms with Crippen molar-refractivity contribution in [2.75, 3.05) is 0 Å². The molecule has 0 spiro atoms. The largest absolute Gasteiger partial charge is 0.488 e. The van der Waals surface area contributed by atoms with Crippen LogP contribution in [0.1, 0.15) is 15.9 Å². The molecule has 2 aromatic rings. The molecular formula is C14H13ClO3. The topological polar surface area (TPSA) is 46.5 Å². The predicted octanol–water partition coefficient (Wildman–Crippen LogP) is 3.39. The van der Waals surface area contributed by atoms with Crippen LogP contribution in [0.15, 0.2) is 54.6 Å². The molecule has 1 N–H and O–H groups in total. The maximum absolute atomic E-state index is 11.0. The molecule has 0 heterocycles. The normalized spacial score (nSPS) is 9.33. The maximum Gasteiger partial charge on any atom is 0.339 e. The zero-order chi connectivity index (χ0) is 12.1. The monoisotopic (exact) mass is 264 g/mol. The Bertz CT molecular complexity index is 511. The molecule has 0 amide bonds. The van der Waals surface area contributed by atoms with Gasteiger partial charge in [0.1, 0.15) is 17.9 Å². The van der Waals surface area contributed by atoms with E-state index in [0.717, 1.165) is 5.56 Å². The summed E-state index contributed by atoms with van der Waals surface area (Å²) in [5.41, 5.74) is 1.19. The summed E-state index contributed by atoms with van der Waals surface area (Å²) in [6.45, 7) is 0.366. The summed E-state index contributed by atoms with van der Waals surface area (Å²) in [7, 11) is 0. The first kappa shape index (κ1) is 14.1.